The van der Waals surface area contributed by atoms with Crippen molar-refractivity contribution in [2.24, 2.45) is 0 Å². The molecule has 2 aromatic rings. The minimum absolute atomic E-state index is 0. The van der Waals surface area contributed by atoms with E-state index in [9.17, 15) is 9.59 Å². The summed E-state index contributed by atoms with van der Waals surface area (Å²) in [5.74, 6) is -1.07. The van der Waals surface area contributed by atoms with Crippen LogP contribution in [0, 0.1) is 0 Å². The van der Waals surface area contributed by atoms with Gasteiger partial charge >= 0.3 is 5.97 Å². The largest absolute Gasteiger partial charge is 0.478 e. The highest BCUT2D eigenvalue weighted by atomic mass is 36.0. The Morgan fingerprint density at radius 1 is 0.857 bits per heavy atom. The summed E-state index contributed by atoms with van der Waals surface area (Å²) >= 11 is 27.1. The summed E-state index contributed by atoms with van der Waals surface area (Å²) in [5, 5.41) is 8.49. The summed E-state index contributed by atoms with van der Waals surface area (Å²) < 4.78 is 9.09. The Hall–Kier alpha value is -0.380. The second-order valence-corrected chi connectivity index (χ2v) is 8.15. The van der Waals surface area contributed by atoms with Gasteiger partial charge in [-0.1, -0.05) is 61.3 Å². The zero-order valence-corrected chi connectivity index (χ0v) is 18.0. The van der Waals surface area contributed by atoms with E-state index >= 15 is 0 Å². The molecule has 0 unspecified atom stereocenters. The van der Waals surface area contributed by atoms with Crippen molar-refractivity contribution in [2.75, 3.05) is 0 Å². The van der Waals surface area contributed by atoms with E-state index in [0.717, 1.165) is 6.20 Å². The Morgan fingerprint density at radius 3 is 1.46 bits per heavy atom. The number of hydrogen-bond acceptors (Lipinski definition) is 5. The van der Waals surface area contributed by atoms with Gasteiger partial charge in [0, 0.05) is 33.8 Å². The van der Waals surface area contributed by atoms with Crippen LogP contribution in [-0.4, -0.2) is 30.5 Å². The molecule has 28 heavy (non-hydrogen) atoms. The van der Waals surface area contributed by atoms with E-state index < -0.39 is 20.4 Å². The average molecular weight is 554 g/mol. The molecule has 0 fully saturated rings. The zero-order chi connectivity index (χ0) is 20.4. The van der Waals surface area contributed by atoms with Crippen LogP contribution in [0.25, 0.3) is 0 Å². The van der Waals surface area contributed by atoms with Crippen molar-refractivity contribution in [1.82, 2.24) is 9.97 Å². The van der Waals surface area contributed by atoms with Crippen LogP contribution in [0.15, 0.2) is 24.5 Å². The molecule has 0 aromatic carbocycles. The fraction of sp³-hybridized carbons (Fsp3) is 0.143. The van der Waals surface area contributed by atoms with E-state index in [1.54, 1.807) is 0 Å². The van der Waals surface area contributed by atoms with E-state index in [4.69, 9.17) is 67.3 Å². The minimum Gasteiger partial charge on any atom is -0.478 e. The fourth-order valence-electron chi connectivity index (χ4n) is 1.07. The zero-order valence-electron chi connectivity index (χ0n) is 11.9. The van der Waals surface area contributed by atoms with Gasteiger partial charge in [-0.3, -0.25) is 4.79 Å². The highest BCUT2D eigenvalue weighted by Crippen LogP contribution is 2.20. The van der Waals surface area contributed by atoms with Crippen molar-refractivity contribution < 1.29 is 18.9 Å². The molecule has 0 atom stereocenters. The van der Waals surface area contributed by atoms with Gasteiger partial charge in [0.25, 0.3) is 5.24 Å². The summed E-state index contributed by atoms with van der Waals surface area (Å²) in [5.41, 5.74) is 0.264. The van der Waals surface area contributed by atoms with Crippen molar-refractivity contribution in [1.29, 1.82) is 0 Å². The molecule has 0 saturated carbocycles. The van der Waals surface area contributed by atoms with Crippen molar-refractivity contribution in [3.63, 3.8) is 0 Å². The standard InChI is InChI=1S/C6H2Cl3NO.C6H3Cl2NO2.2CH4.Cl2OS/c7-4-1-3(6(9)11)2-10-5(4)8;7-4-1-3(6(10)11)2-9-5(4)8;;;1-4(2)3/h1-2H;1-2H,(H,10,11);2*1H4;. The Kier molecular flexibility index (Phi) is 18.9. The molecule has 2 heterocycles. The first kappa shape index (κ1) is 32.3. The van der Waals surface area contributed by atoms with Crippen LogP contribution in [0.1, 0.15) is 35.6 Å². The molecule has 0 saturated heterocycles. The Bertz CT molecular complexity index is 759. The van der Waals surface area contributed by atoms with Gasteiger partial charge in [0.1, 0.15) is 10.3 Å². The molecule has 2 rings (SSSR count). The third-order valence-corrected chi connectivity index (χ3v) is 3.66. The van der Waals surface area contributed by atoms with Crippen LogP contribution in [0.4, 0.5) is 0 Å². The first-order valence-electron chi connectivity index (χ1n) is 5.75. The summed E-state index contributed by atoms with van der Waals surface area (Å²) in [4.78, 5) is 28.0. The maximum absolute atomic E-state index is 10.5. The molecule has 6 nitrogen and oxygen atoms in total. The van der Waals surface area contributed by atoms with Gasteiger partial charge in [0.2, 0.25) is 9.23 Å². The monoisotopic (exact) mass is 550 g/mol. The molecule has 0 spiro atoms. The molecule has 0 aliphatic rings. The van der Waals surface area contributed by atoms with Crippen LogP contribution in [-0.2, 0) is 9.23 Å². The van der Waals surface area contributed by atoms with Crippen molar-refractivity contribution in [3.05, 3.63) is 56.0 Å². The van der Waals surface area contributed by atoms with Gasteiger partial charge in [-0.05, 0) is 23.7 Å². The minimum atomic E-state index is -1.67. The summed E-state index contributed by atoms with van der Waals surface area (Å²) in [7, 11) is 7.36. The molecule has 0 amide bonds. The molecule has 0 aliphatic heterocycles. The lowest BCUT2D eigenvalue weighted by molar-refractivity contribution is 0.0696. The number of aromatic carboxylic acids is 1. The summed E-state index contributed by atoms with van der Waals surface area (Å²) in [6.07, 6.45) is 2.42. The van der Waals surface area contributed by atoms with Crippen LogP contribution >= 0.6 is 79.4 Å². The van der Waals surface area contributed by atoms with Gasteiger partial charge < -0.3 is 5.11 Å². The van der Waals surface area contributed by atoms with Crippen LogP contribution in [0.2, 0.25) is 20.4 Å². The lowest BCUT2D eigenvalue weighted by Gasteiger charge is -1.95. The van der Waals surface area contributed by atoms with E-state index in [1.165, 1.54) is 18.3 Å². The third kappa shape index (κ3) is 13.7. The van der Waals surface area contributed by atoms with Crippen molar-refractivity contribution in [3.8, 4) is 0 Å². The van der Waals surface area contributed by atoms with E-state index in [0.29, 0.717) is 0 Å². The first-order chi connectivity index (χ1) is 12.0. The SMILES string of the molecule is C.C.O=C(Cl)c1cnc(Cl)c(Cl)c1.O=C(O)c1cnc(Cl)c(Cl)c1.O=S(Cl)Cl. The lowest BCUT2D eigenvalue weighted by atomic mass is 10.3. The quantitative estimate of drug-likeness (QED) is 0.313. The molecule has 14 heteroatoms. The molecular weight excluding hydrogens is 540 g/mol. The van der Waals surface area contributed by atoms with Crippen LogP contribution < -0.4 is 0 Å². The number of halogens is 7. The molecular formula is C14H13Cl7N2O4S. The smallest absolute Gasteiger partial charge is 0.337 e. The Balaban J connectivity index is -0.000000355. The third-order valence-electron chi connectivity index (χ3n) is 2.07. The first-order valence-corrected chi connectivity index (χ1v) is 10.4. The molecule has 2 aromatic heterocycles. The number of aromatic nitrogens is 2. The second kappa shape index (κ2) is 16.4. The van der Waals surface area contributed by atoms with Gasteiger partial charge in [0.05, 0.1) is 21.2 Å². The van der Waals surface area contributed by atoms with Gasteiger partial charge in [0.15, 0.2) is 0 Å². The number of nitrogens with zero attached hydrogens (tertiary/aromatic N) is 2. The molecule has 0 radical (unpaired) electrons. The van der Waals surface area contributed by atoms with Gasteiger partial charge in [-0.25, -0.2) is 19.0 Å². The highest BCUT2D eigenvalue weighted by molar-refractivity contribution is 8.26. The maximum atomic E-state index is 10.5. The van der Waals surface area contributed by atoms with Crippen LogP contribution in [0.5, 0.6) is 0 Å². The molecule has 1 N–H and O–H groups in total. The predicted molar refractivity (Wildman–Crippen MR) is 119 cm³/mol. The molecule has 0 bridgehead atoms. The number of carboxylic acid groups (broad SMARTS) is 1. The number of carboxylic acids is 1. The normalized spacial score (nSPS) is 8.86. The average Bonchev–Trinajstić information content (AvgIpc) is 2.52. The van der Waals surface area contributed by atoms with E-state index in [1.807, 2.05) is 0 Å². The summed E-state index contributed by atoms with van der Waals surface area (Å²) in [6, 6.07) is 2.62. The van der Waals surface area contributed by atoms with Gasteiger partial charge in [-0.2, -0.15) is 0 Å². The number of hydrogen-bond donors (Lipinski definition) is 1. The molecule has 158 valence electrons. The maximum Gasteiger partial charge on any atom is 0.337 e. The van der Waals surface area contributed by atoms with Crippen molar-refractivity contribution >= 4 is 99.8 Å². The second-order valence-electron chi connectivity index (χ2n) is 3.76. The Labute approximate surface area is 198 Å². The van der Waals surface area contributed by atoms with Crippen molar-refractivity contribution in [2.45, 2.75) is 14.9 Å². The lowest BCUT2D eigenvalue weighted by Crippen LogP contribution is -1.96. The van der Waals surface area contributed by atoms with Gasteiger partial charge in [-0.15, -0.1) is 0 Å². The van der Waals surface area contributed by atoms with E-state index in [2.05, 4.69) is 31.3 Å². The van der Waals surface area contributed by atoms with E-state index in [-0.39, 0.29) is 46.3 Å². The predicted octanol–water partition coefficient (Wildman–Crippen LogP) is 7.17. The number of carbonyl (C=O) groups excluding carboxylic acids is 1. The number of rotatable bonds is 2. The topological polar surface area (TPSA) is 97.2 Å². The number of carbonyl (C=O) groups is 2. The van der Waals surface area contributed by atoms with Crippen LogP contribution in [0.3, 0.4) is 0 Å². The molecule has 0 aliphatic carbocycles. The number of pyridine rings is 2. The summed E-state index contributed by atoms with van der Waals surface area (Å²) in [6.45, 7) is 0. The fourth-order valence-corrected chi connectivity index (χ4v) is 1.71. The Morgan fingerprint density at radius 2 is 1.18 bits per heavy atom. The highest BCUT2D eigenvalue weighted by Gasteiger charge is 2.06.